The predicted octanol–water partition coefficient (Wildman–Crippen LogP) is 12.7. The van der Waals surface area contributed by atoms with Crippen molar-refractivity contribution in [1.82, 2.24) is 30.4 Å². The molecule has 18 nitrogen and oxygen atoms in total. The van der Waals surface area contributed by atoms with E-state index in [0.717, 1.165) is 51.4 Å². The molecule has 12 rings (SSSR count). The summed E-state index contributed by atoms with van der Waals surface area (Å²) in [5.74, 6) is -3.12. The van der Waals surface area contributed by atoms with Gasteiger partial charge in [0.25, 0.3) is 0 Å². The van der Waals surface area contributed by atoms with E-state index in [1.54, 1.807) is 44.2 Å². The van der Waals surface area contributed by atoms with Gasteiger partial charge in [-0.1, -0.05) is 63.8 Å². The Balaban J connectivity index is 0.000000195. The summed E-state index contributed by atoms with van der Waals surface area (Å²) in [6, 6.07) is 7.70. The van der Waals surface area contributed by atoms with Gasteiger partial charge in [0.1, 0.15) is 63.1 Å². The van der Waals surface area contributed by atoms with Crippen LogP contribution in [0.15, 0.2) is 60.7 Å². The number of aryl methyl sites for hydroxylation is 1. The normalized spacial score (nSPS) is 31.0. The standard InChI is InChI=1S/C35H40Cl2F3N3O6.C35H42F3N3O6/c1-4-48-32(46)34-15-20(34)11-9-7-5-6-8-10-19(2)31(45)43-18-33(17-25(43)30(44)42-34)16-23(36)26-22-14-21(47-3)12-13-24(22)41-27(28(26)49-33)29(37)35(38,39)40;1-4-46-32(44)34-17-22(34)11-9-7-5-6-8-10-21(2)31(43)41-20-33(19-28(41)30(42)40-34)15-14-24-25-16-23(45-3)12-13-26(25)39-27(29(24)47-33)18-35(36,37)38/h9,11-14,19-20,23,25,29H,4-8,10,15-18H2,1-3H3,(H,42,44);9,11-13,16,21-22,28H,4-8,10,14-15,17-20H2,1-3H3,(H,40,42)/b2*11-9-/t19-,20+,23?,25-,29?,33+,34+;21-,22+,28-,33+,34+/m00/s1. The Morgan fingerprint density at radius 1 is 0.677 bits per heavy atom. The van der Waals surface area contributed by atoms with Crippen molar-refractivity contribution in [2.45, 2.75) is 201 Å². The lowest BCUT2D eigenvalue weighted by molar-refractivity contribution is -0.150. The van der Waals surface area contributed by atoms with E-state index in [-0.39, 0.29) is 103 Å². The molecule has 2 spiro atoms. The number of methoxy groups -OCH3 is 2. The van der Waals surface area contributed by atoms with Crippen LogP contribution in [0.1, 0.15) is 164 Å². The van der Waals surface area contributed by atoms with Crippen molar-refractivity contribution < 1.29 is 83.5 Å². The number of ether oxygens (including phenoxy) is 6. The van der Waals surface area contributed by atoms with Crippen LogP contribution in [0.25, 0.3) is 21.8 Å². The van der Waals surface area contributed by atoms with Crippen LogP contribution in [0.3, 0.4) is 0 Å². The molecule has 4 aromatic rings. The second kappa shape index (κ2) is 27.7. The number of carbonyl (C=O) groups excluding carboxylic acids is 6. The maximum Gasteiger partial charge on any atom is 0.410 e. The van der Waals surface area contributed by atoms with Gasteiger partial charge in [-0.25, -0.2) is 19.6 Å². The molecule has 2 N–H and O–H groups in total. The number of esters is 2. The first kappa shape index (κ1) is 70.2. The van der Waals surface area contributed by atoms with E-state index in [4.69, 9.17) is 51.6 Å². The van der Waals surface area contributed by atoms with Gasteiger partial charge in [0, 0.05) is 64.8 Å². The highest BCUT2D eigenvalue weighted by molar-refractivity contribution is 6.23. The second-order valence-corrected chi connectivity index (χ2v) is 28.1. The third-order valence-corrected chi connectivity index (χ3v) is 21.2. The minimum Gasteiger partial charge on any atom is -0.497 e. The van der Waals surface area contributed by atoms with Crippen LogP contribution in [0.4, 0.5) is 26.3 Å². The van der Waals surface area contributed by atoms with Crippen molar-refractivity contribution in [3.63, 3.8) is 0 Å². The Labute approximate surface area is 563 Å². The molecule has 0 radical (unpaired) electrons. The van der Waals surface area contributed by atoms with E-state index in [0.29, 0.717) is 71.9 Å². The maximum atomic E-state index is 14.2. The molecular formula is C70H82Cl2F6N6O12. The largest absolute Gasteiger partial charge is 0.497 e. The molecule has 6 aliphatic heterocycles. The number of benzene rings is 2. The van der Waals surface area contributed by atoms with E-state index in [1.165, 1.54) is 30.1 Å². The minimum absolute atomic E-state index is 0.0328. The number of alkyl halides is 8. The molecule has 8 heterocycles. The molecular weight excluding hydrogens is 1300 g/mol. The fourth-order valence-corrected chi connectivity index (χ4v) is 15.7. The average Bonchev–Trinajstić information content (AvgIpc) is 1.23. The number of carbonyl (C=O) groups is 6. The Hall–Kier alpha value is -7.08. The lowest BCUT2D eigenvalue weighted by Gasteiger charge is -2.39. The number of pyridine rings is 2. The summed E-state index contributed by atoms with van der Waals surface area (Å²) < 4.78 is 119. The van der Waals surface area contributed by atoms with Crippen LogP contribution < -0.4 is 29.6 Å². The highest BCUT2D eigenvalue weighted by atomic mass is 35.5. The first-order valence-electron chi connectivity index (χ1n) is 33.4. The van der Waals surface area contributed by atoms with Gasteiger partial charge in [-0.3, -0.25) is 19.2 Å². The third kappa shape index (κ3) is 14.2. The van der Waals surface area contributed by atoms with Crippen molar-refractivity contribution in [2.75, 3.05) is 40.5 Å². The van der Waals surface area contributed by atoms with E-state index >= 15 is 0 Å². The van der Waals surface area contributed by atoms with Crippen molar-refractivity contribution in [2.24, 2.45) is 23.7 Å². The number of amides is 4. The fourth-order valence-electron chi connectivity index (χ4n) is 15.0. The maximum absolute atomic E-state index is 14.2. The Kier molecular flexibility index (Phi) is 20.3. The summed E-state index contributed by atoms with van der Waals surface area (Å²) in [5.41, 5.74) is -4.23. The molecule has 8 aliphatic rings. The number of nitrogens with zero attached hydrogens (tertiary/aromatic N) is 4. The van der Waals surface area contributed by atoms with Crippen LogP contribution in [0.2, 0.25) is 0 Å². The first-order chi connectivity index (χ1) is 45.6. The van der Waals surface area contributed by atoms with Crippen molar-refractivity contribution in [1.29, 1.82) is 0 Å². The number of fused-ring (bicyclic) bond motifs is 10. The van der Waals surface area contributed by atoms with Gasteiger partial charge in [0.15, 0.2) is 5.38 Å². The van der Waals surface area contributed by atoms with E-state index < -0.39 is 99.3 Å². The van der Waals surface area contributed by atoms with Crippen LogP contribution in [-0.4, -0.2) is 143 Å². The smallest absolute Gasteiger partial charge is 0.410 e. The summed E-state index contributed by atoms with van der Waals surface area (Å²) >= 11 is 13.1. The van der Waals surface area contributed by atoms with Crippen LogP contribution >= 0.6 is 23.2 Å². The summed E-state index contributed by atoms with van der Waals surface area (Å²) in [6.45, 7) is 7.25. The number of hydrogen-bond donors (Lipinski definition) is 2. The number of halogens is 8. The molecule has 2 saturated carbocycles. The van der Waals surface area contributed by atoms with Crippen LogP contribution in [0.5, 0.6) is 23.0 Å². The van der Waals surface area contributed by atoms with E-state index in [9.17, 15) is 55.1 Å². The monoisotopic (exact) mass is 1380 g/mol. The lowest BCUT2D eigenvalue weighted by Crippen LogP contribution is -2.54. The van der Waals surface area contributed by atoms with Gasteiger partial charge >= 0.3 is 24.3 Å². The molecule has 2 aromatic carbocycles. The molecule has 26 heteroatoms. The molecule has 96 heavy (non-hydrogen) atoms. The molecule has 4 fully saturated rings. The second-order valence-electron chi connectivity index (χ2n) is 27.1. The predicted molar refractivity (Wildman–Crippen MR) is 343 cm³/mol. The molecule has 4 amide bonds. The lowest BCUT2D eigenvalue weighted by atomic mass is 9.86. The zero-order valence-corrected chi connectivity index (χ0v) is 56.2. The quantitative estimate of drug-likeness (QED) is 0.0727. The van der Waals surface area contributed by atoms with Crippen molar-refractivity contribution >= 4 is 80.6 Å². The number of nitrogens with one attached hydrogen (secondary N) is 2. The highest BCUT2D eigenvalue weighted by Crippen LogP contribution is 2.56. The summed E-state index contributed by atoms with van der Waals surface area (Å²) in [7, 11) is 2.98. The van der Waals surface area contributed by atoms with Gasteiger partial charge in [0.2, 0.25) is 23.6 Å². The number of allylic oxidation sites excluding steroid dienone is 2. The zero-order chi connectivity index (χ0) is 68.9. The first-order valence-corrected chi connectivity index (χ1v) is 34.2. The SMILES string of the molecule is CCOC(=O)[C@@]12C[C@H]1/C=C\CCCCC[C@H](C)C(=O)N1C[C@@]3(CC(Cl)c4c(c(C(Cl)C(F)(F)F)nc5ccc(OC)cc45)O3)C[C@H]1C(=O)N2.CCOC(=O)[C@@]12C[C@H]1/C=C\CCCCC[C@H](C)C(=O)N1C[C@@]3(CCc4c(c(CC(F)(F)F)nc5ccc(OC)cc45)O3)C[C@H]1C(=O)N2. The van der Waals surface area contributed by atoms with E-state index in [1.807, 2.05) is 38.2 Å². The molecule has 520 valence electrons. The fraction of sp³-hybridized carbons (Fsp3) is 0.600. The zero-order valence-electron chi connectivity index (χ0n) is 54.7. The number of aromatic nitrogens is 2. The van der Waals surface area contributed by atoms with Gasteiger partial charge in [0.05, 0.1) is 69.0 Å². The topological polar surface area (TPSA) is 214 Å². The average molecular weight is 1380 g/mol. The van der Waals surface area contributed by atoms with Crippen LogP contribution in [-0.2, 0) is 51.1 Å². The number of hydrogen-bond acceptors (Lipinski definition) is 14. The van der Waals surface area contributed by atoms with Gasteiger partial charge < -0.3 is 48.9 Å². The summed E-state index contributed by atoms with van der Waals surface area (Å²) in [4.78, 5) is 94.5. The van der Waals surface area contributed by atoms with Gasteiger partial charge in [-0.05, 0) is 114 Å². The molecule has 2 unspecified atom stereocenters. The Morgan fingerprint density at radius 3 is 1.69 bits per heavy atom. The minimum atomic E-state index is -4.87. The van der Waals surface area contributed by atoms with E-state index in [2.05, 4.69) is 20.6 Å². The third-order valence-electron chi connectivity index (χ3n) is 20.3. The molecule has 2 saturated heterocycles. The van der Waals surface area contributed by atoms with Gasteiger partial charge in [-0.2, -0.15) is 26.3 Å². The van der Waals surface area contributed by atoms with Crippen LogP contribution in [0, 0.1) is 23.7 Å². The van der Waals surface area contributed by atoms with Crippen molar-refractivity contribution in [3.05, 3.63) is 83.2 Å². The summed E-state index contributed by atoms with van der Waals surface area (Å²) in [5, 5.41) is 3.55. The molecule has 2 aliphatic carbocycles. The Bertz CT molecular complexity index is 3740. The van der Waals surface area contributed by atoms with Crippen molar-refractivity contribution in [3.8, 4) is 23.0 Å². The highest BCUT2D eigenvalue weighted by Gasteiger charge is 2.65. The van der Waals surface area contributed by atoms with Gasteiger partial charge in [-0.15, -0.1) is 23.2 Å². The summed E-state index contributed by atoms with van der Waals surface area (Å²) in [6.07, 6.45) is 7.08. The molecule has 0 bridgehead atoms. The number of rotatable bonds is 8. The molecule has 12 atom stereocenters. The molecule has 2 aromatic heterocycles. The Morgan fingerprint density at radius 2 is 1.18 bits per heavy atom.